The molecule has 1 aromatic rings. The van der Waals surface area contributed by atoms with Gasteiger partial charge in [-0.1, -0.05) is 13.3 Å². The second kappa shape index (κ2) is 11.7. The highest BCUT2D eigenvalue weighted by molar-refractivity contribution is 9.10. The Morgan fingerprint density at radius 1 is 1.26 bits per heavy atom. The first-order valence-corrected chi connectivity index (χ1v) is 14.5. The Labute approximate surface area is 216 Å². The largest absolute Gasteiger partial charge is 0.490 e. The van der Waals surface area contributed by atoms with Gasteiger partial charge in [-0.25, -0.2) is 13.1 Å². The van der Waals surface area contributed by atoms with Crippen molar-refractivity contribution in [3.05, 3.63) is 33.4 Å². The number of hydrogen-bond donors (Lipinski definition) is 1. The Kier molecular flexibility index (Phi) is 9.13. The van der Waals surface area contributed by atoms with Crippen molar-refractivity contribution in [1.82, 2.24) is 4.72 Å². The summed E-state index contributed by atoms with van der Waals surface area (Å²) in [5, 5.41) is 10.0. The summed E-state index contributed by atoms with van der Waals surface area (Å²) < 4.78 is 37.3. The molecular weight excluding hydrogens is 534 g/mol. The second-order valence-corrected chi connectivity index (χ2v) is 11.6. The van der Waals surface area contributed by atoms with E-state index in [1.807, 2.05) is 26.0 Å². The third-order valence-electron chi connectivity index (χ3n) is 6.21. The van der Waals surface area contributed by atoms with Crippen LogP contribution in [0.15, 0.2) is 32.9 Å². The maximum absolute atomic E-state index is 13.3. The fraction of sp³-hybridized carbons (Fsp3) is 0.560. The minimum atomic E-state index is -3.32. The first kappa shape index (κ1) is 27.4. The van der Waals surface area contributed by atoms with E-state index in [0.717, 1.165) is 36.8 Å². The van der Waals surface area contributed by atoms with Crippen LogP contribution in [-0.2, 0) is 14.8 Å². The summed E-state index contributed by atoms with van der Waals surface area (Å²) in [5.74, 6) is 0.235. The molecule has 3 unspecified atom stereocenters. The van der Waals surface area contributed by atoms with Gasteiger partial charge >= 0.3 is 0 Å². The van der Waals surface area contributed by atoms with Crippen molar-refractivity contribution in [1.29, 1.82) is 5.26 Å². The highest BCUT2D eigenvalue weighted by Crippen LogP contribution is 2.48. The number of sulfonamides is 1. The quantitative estimate of drug-likeness (QED) is 0.417. The van der Waals surface area contributed by atoms with Crippen molar-refractivity contribution >= 4 is 37.4 Å². The van der Waals surface area contributed by atoms with Gasteiger partial charge in [0.25, 0.3) is 0 Å². The Balaban J connectivity index is 2.00. The monoisotopic (exact) mass is 565 g/mol. The Bertz CT molecular complexity index is 1190. The number of allylic oxidation sites excluding steroid dienone is 2. The molecule has 1 heterocycles. The van der Waals surface area contributed by atoms with Gasteiger partial charge in [-0.2, -0.15) is 5.26 Å². The summed E-state index contributed by atoms with van der Waals surface area (Å²) in [6.07, 6.45) is 4.30. The number of ether oxygens (including phenoxy) is 2. The van der Waals surface area contributed by atoms with Gasteiger partial charge in [0.1, 0.15) is 6.61 Å². The molecule has 0 radical (unpaired) electrons. The summed E-state index contributed by atoms with van der Waals surface area (Å²) in [6.45, 7) is 6.41. The number of hydrogen-bond acceptors (Lipinski definition) is 7. The minimum Gasteiger partial charge on any atom is -0.490 e. The fourth-order valence-corrected chi connectivity index (χ4v) is 5.86. The molecule has 0 saturated carbocycles. The number of halogens is 1. The fourth-order valence-electron chi connectivity index (χ4n) is 4.83. The van der Waals surface area contributed by atoms with E-state index >= 15 is 0 Å². The van der Waals surface area contributed by atoms with Crippen LogP contribution in [0.25, 0.3) is 0 Å². The van der Waals surface area contributed by atoms with Crippen LogP contribution in [0.1, 0.15) is 57.9 Å². The second-order valence-electron chi connectivity index (χ2n) is 8.96. The minimum absolute atomic E-state index is 0.0625. The zero-order valence-electron chi connectivity index (χ0n) is 20.6. The number of carbonyl (C=O) groups is 1. The topological polar surface area (TPSA) is 118 Å². The molecule has 190 valence electrons. The van der Waals surface area contributed by atoms with Gasteiger partial charge in [0.05, 0.1) is 29.3 Å². The first-order valence-electron chi connectivity index (χ1n) is 11.8. The van der Waals surface area contributed by atoms with Crippen molar-refractivity contribution in [2.45, 2.75) is 52.4 Å². The average Bonchev–Trinajstić information content (AvgIpc) is 2.76. The highest BCUT2D eigenvalue weighted by Gasteiger charge is 2.41. The molecule has 3 rings (SSSR count). The van der Waals surface area contributed by atoms with E-state index in [1.165, 1.54) is 0 Å². The van der Waals surface area contributed by atoms with Crippen LogP contribution >= 0.6 is 15.9 Å². The van der Waals surface area contributed by atoms with Gasteiger partial charge in [-0.3, -0.25) is 9.79 Å². The van der Waals surface area contributed by atoms with Gasteiger partial charge in [0.2, 0.25) is 10.0 Å². The van der Waals surface area contributed by atoms with Crippen molar-refractivity contribution in [3.63, 3.8) is 0 Å². The molecule has 0 fully saturated rings. The Hall–Kier alpha value is -2.22. The Morgan fingerprint density at radius 2 is 2.00 bits per heavy atom. The molecule has 10 heteroatoms. The average molecular weight is 567 g/mol. The molecule has 1 aliphatic carbocycles. The van der Waals surface area contributed by atoms with E-state index in [4.69, 9.17) is 14.5 Å². The summed E-state index contributed by atoms with van der Waals surface area (Å²) in [7, 11) is -3.32. The van der Waals surface area contributed by atoms with Crippen molar-refractivity contribution in [2.75, 3.05) is 26.0 Å². The standard InChI is InChI=1S/C25H32BrN3O5S/c1-5-7-16-10-20-24(21(30)11-16)23(18(14-27)15(3)29-20)17-12-19(26)25(22(13-17)33-6-2)34-9-8-28-35(4,31)32/h12-13,16,18,23,28H,5-11H2,1-4H3. The van der Waals surface area contributed by atoms with Crippen LogP contribution in [0.2, 0.25) is 0 Å². The normalized spacial score (nSPS) is 22.3. The smallest absolute Gasteiger partial charge is 0.208 e. The molecule has 1 aromatic carbocycles. The number of carbonyl (C=O) groups excluding carboxylic acids is 1. The molecule has 0 aromatic heterocycles. The zero-order chi connectivity index (χ0) is 25.8. The summed E-state index contributed by atoms with van der Waals surface area (Å²) >= 11 is 3.56. The van der Waals surface area contributed by atoms with Crippen molar-refractivity contribution < 1.29 is 22.7 Å². The molecule has 35 heavy (non-hydrogen) atoms. The van der Waals surface area contributed by atoms with Gasteiger partial charge < -0.3 is 9.47 Å². The number of benzene rings is 1. The molecule has 0 saturated heterocycles. The molecule has 1 N–H and O–H groups in total. The van der Waals surface area contributed by atoms with E-state index in [2.05, 4.69) is 33.6 Å². The van der Waals surface area contributed by atoms with Gasteiger partial charge in [0, 0.05) is 35.9 Å². The van der Waals surface area contributed by atoms with Crippen molar-refractivity contribution in [3.8, 4) is 17.6 Å². The summed E-state index contributed by atoms with van der Waals surface area (Å²) in [4.78, 5) is 18.0. The van der Waals surface area contributed by atoms with E-state index in [-0.39, 0.29) is 24.9 Å². The van der Waals surface area contributed by atoms with Crippen molar-refractivity contribution in [2.24, 2.45) is 16.8 Å². The summed E-state index contributed by atoms with van der Waals surface area (Å²) in [6, 6.07) is 6.03. The lowest BCUT2D eigenvalue weighted by molar-refractivity contribution is -0.117. The predicted octanol–water partition coefficient (Wildman–Crippen LogP) is 4.51. The summed E-state index contributed by atoms with van der Waals surface area (Å²) in [5.41, 5.74) is 2.92. The third kappa shape index (κ3) is 6.51. The molecule has 2 aliphatic rings. The first-order chi connectivity index (χ1) is 16.6. The number of rotatable bonds is 10. The number of ketones is 1. The number of nitriles is 1. The molecule has 0 amide bonds. The van der Waals surface area contributed by atoms with E-state index in [0.29, 0.717) is 40.3 Å². The molecule has 8 nitrogen and oxygen atoms in total. The predicted molar refractivity (Wildman–Crippen MR) is 138 cm³/mol. The molecule has 1 aliphatic heterocycles. The molecular formula is C25H32BrN3O5S. The maximum atomic E-state index is 13.3. The number of Topliss-reactive ketones (excluding diaryl/α,β-unsaturated/α-hetero) is 1. The van der Waals surface area contributed by atoms with Gasteiger partial charge in [-0.05, 0) is 66.2 Å². The third-order valence-corrected chi connectivity index (χ3v) is 7.53. The van der Waals surface area contributed by atoms with Crippen LogP contribution in [0.5, 0.6) is 11.5 Å². The van der Waals surface area contributed by atoms with E-state index in [9.17, 15) is 18.5 Å². The van der Waals surface area contributed by atoms with Crippen LogP contribution in [-0.4, -0.2) is 45.9 Å². The Morgan fingerprint density at radius 3 is 2.63 bits per heavy atom. The molecule has 3 atom stereocenters. The zero-order valence-corrected chi connectivity index (χ0v) is 23.0. The van der Waals surface area contributed by atoms with Crippen LogP contribution < -0.4 is 14.2 Å². The highest BCUT2D eigenvalue weighted by atomic mass is 79.9. The lowest BCUT2D eigenvalue weighted by Crippen LogP contribution is -2.32. The number of nitrogens with one attached hydrogen (secondary N) is 1. The van der Waals surface area contributed by atoms with Crippen LogP contribution in [0.4, 0.5) is 0 Å². The number of aliphatic imine (C=N–C) groups is 1. The van der Waals surface area contributed by atoms with Gasteiger partial charge in [0.15, 0.2) is 17.3 Å². The molecule has 0 bridgehead atoms. The lowest BCUT2D eigenvalue weighted by Gasteiger charge is -2.35. The lowest BCUT2D eigenvalue weighted by atomic mass is 9.70. The van der Waals surface area contributed by atoms with E-state index < -0.39 is 21.9 Å². The molecule has 0 spiro atoms. The maximum Gasteiger partial charge on any atom is 0.208 e. The van der Waals surface area contributed by atoms with Crippen LogP contribution in [0.3, 0.4) is 0 Å². The van der Waals surface area contributed by atoms with E-state index in [1.54, 1.807) is 0 Å². The van der Waals surface area contributed by atoms with Crippen LogP contribution in [0, 0.1) is 23.2 Å². The number of nitrogens with zero attached hydrogens (tertiary/aromatic N) is 2. The van der Waals surface area contributed by atoms with Gasteiger partial charge in [-0.15, -0.1) is 0 Å². The SMILES string of the molecule is CCCC1CC(=O)C2=C(C1)N=C(C)C(C#N)C2c1cc(Br)c(OCCNS(C)(=O)=O)c(OCC)c1.